The molecule has 24 heavy (non-hydrogen) atoms. The monoisotopic (exact) mass is 340 g/mol. The van der Waals surface area contributed by atoms with Gasteiger partial charge in [-0.1, -0.05) is 5.10 Å². The van der Waals surface area contributed by atoms with Crippen molar-refractivity contribution in [1.29, 1.82) is 0 Å². The molecule has 1 aliphatic rings. The molecule has 2 aromatic rings. The van der Waals surface area contributed by atoms with Crippen molar-refractivity contribution in [3.05, 3.63) is 30.1 Å². The van der Waals surface area contributed by atoms with Crippen molar-refractivity contribution in [2.75, 3.05) is 18.4 Å². The van der Waals surface area contributed by atoms with E-state index < -0.39 is 17.8 Å². The number of nitrogens with one attached hydrogen (secondary N) is 1. The first-order valence-electron chi connectivity index (χ1n) is 7.46. The van der Waals surface area contributed by atoms with Gasteiger partial charge < -0.3 is 9.32 Å². The van der Waals surface area contributed by atoms with Crippen LogP contribution in [0.3, 0.4) is 0 Å². The lowest BCUT2D eigenvalue weighted by Crippen LogP contribution is -2.36. The zero-order valence-electron chi connectivity index (χ0n) is 12.6. The maximum atomic E-state index is 13.3. The van der Waals surface area contributed by atoms with Crippen LogP contribution in [0.5, 0.6) is 0 Å². The Kier molecular flexibility index (Phi) is 4.41. The number of benzene rings is 1. The number of likely N-dealkylation sites (tertiary alicyclic amines) is 1. The number of carbonyl (C=O) groups is 1. The second kappa shape index (κ2) is 6.50. The van der Waals surface area contributed by atoms with Crippen molar-refractivity contribution >= 4 is 12.0 Å². The highest BCUT2D eigenvalue weighted by Gasteiger charge is 2.33. The number of rotatable bonds is 2. The predicted octanol–water partition coefficient (Wildman–Crippen LogP) is 3.53. The summed E-state index contributed by atoms with van der Waals surface area (Å²) in [5, 5.41) is 9.84. The van der Waals surface area contributed by atoms with E-state index in [1.165, 1.54) is 29.2 Å². The standard InChI is InChI=1S/C15H15F3N4O2/c16-11-4-2-10(3-5-11)12-20-21-13(24-12)19-14(23)22-8-1-6-15(17,18)7-9-22/h2-5H,1,6-9H2,(H,19,21,23). The summed E-state index contributed by atoms with van der Waals surface area (Å²) in [5.74, 6) is -3.02. The Hall–Kier alpha value is -2.58. The first-order valence-corrected chi connectivity index (χ1v) is 7.46. The number of amides is 2. The molecule has 0 unspecified atom stereocenters. The summed E-state index contributed by atoms with van der Waals surface area (Å²) >= 11 is 0. The Morgan fingerprint density at radius 2 is 1.92 bits per heavy atom. The molecule has 0 aliphatic carbocycles. The number of halogens is 3. The summed E-state index contributed by atoms with van der Waals surface area (Å²) in [7, 11) is 0. The molecule has 0 radical (unpaired) electrons. The molecule has 128 valence electrons. The molecular weight excluding hydrogens is 325 g/mol. The van der Waals surface area contributed by atoms with E-state index in [9.17, 15) is 18.0 Å². The smallest absolute Gasteiger partial charge is 0.325 e. The molecule has 1 N–H and O–H groups in total. The molecule has 0 spiro atoms. The van der Waals surface area contributed by atoms with Crippen LogP contribution in [0.15, 0.2) is 28.7 Å². The molecule has 1 saturated heterocycles. The third-order valence-electron chi connectivity index (χ3n) is 3.74. The van der Waals surface area contributed by atoms with Gasteiger partial charge in [-0.2, -0.15) is 0 Å². The van der Waals surface area contributed by atoms with Gasteiger partial charge in [0.1, 0.15) is 5.82 Å². The lowest BCUT2D eigenvalue weighted by molar-refractivity contribution is -0.0121. The van der Waals surface area contributed by atoms with Crippen LogP contribution in [0.25, 0.3) is 11.5 Å². The van der Waals surface area contributed by atoms with Gasteiger partial charge in [-0.15, -0.1) is 5.10 Å². The lowest BCUT2D eigenvalue weighted by Gasteiger charge is -2.19. The van der Waals surface area contributed by atoms with Crippen LogP contribution >= 0.6 is 0 Å². The van der Waals surface area contributed by atoms with Gasteiger partial charge in [-0.3, -0.25) is 5.32 Å². The number of hydrogen-bond donors (Lipinski definition) is 1. The van der Waals surface area contributed by atoms with E-state index in [0.29, 0.717) is 5.56 Å². The molecule has 3 rings (SSSR count). The normalized spacial score (nSPS) is 17.4. The molecule has 0 atom stereocenters. The first kappa shape index (κ1) is 16.3. The SMILES string of the molecule is O=C(Nc1nnc(-c2ccc(F)cc2)o1)N1CCCC(F)(F)CC1. The lowest BCUT2D eigenvalue weighted by atomic mass is 10.1. The van der Waals surface area contributed by atoms with Crippen LogP contribution in [-0.2, 0) is 0 Å². The molecule has 1 aromatic carbocycles. The van der Waals surface area contributed by atoms with Crippen molar-refractivity contribution in [2.45, 2.75) is 25.2 Å². The largest absolute Gasteiger partial charge is 0.403 e. The van der Waals surface area contributed by atoms with Gasteiger partial charge >= 0.3 is 12.0 Å². The minimum absolute atomic E-state index is 0.0439. The van der Waals surface area contributed by atoms with E-state index >= 15 is 0 Å². The van der Waals surface area contributed by atoms with Crippen LogP contribution in [0, 0.1) is 5.82 Å². The molecule has 0 saturated carbocycles. The molecule has 6 nitrogen and oxygen atoms in total. The average Bonchev–Trinajstić information content (AvgIpc) is 2.91. The zero-order valence-corrected chi connectivity index (χ0v) is 12.6. The number of anilines is 1. The quantitative estimate of drug-likeness (QED) is 0.908. The highest BCUT2D eigenvalue weighted by molar-refractivity contribution is 5.87. The summed E-state index contributed by atoms with van der Waals surface area (Å²) in [4.78, 5) is 13.4. The fourth-order valence-corrected chi connectivity index (χ4v) is 2.42. The van der Waals surface area contributed by atoms with E-state index in [2.05, 4.69) is 15.5 Å². The fraction of sp³-hybridized carbons (Fsp3) is 0.400. The fourth-order valence-electron chi connectivity index (χ4n) is 2.42. The molecule has 1 aromatic heterocycles. The molecule has 1 fully saturated rings. The number of urea groups is 1. The molecule has 0 bridgehead atoms. The summed E-state index contributed by atoms with van der Waals surface area (Å²) in [6, 6.07) is 4.71. The number of alkyl halides is 2. The average molecular weight is 340 g/mol. The topological polar surface area (TPSA) is 71.3 Å². The van der Waals surface area contributed by atoms with Gasteiger partial charge in [0, 0.05) is 31.5 Å². The van der Waals surface area contributed by atoms with Gasteiger partial charge in [-0.05, 0) is 30.7 Å². The molecule has 2 heterocycles. The van der Waals surface area contributed by atoms with Crippen LogP contribution in [-0.4, -0.2) is 40.1 Å². The zero-order chi connectivity index (χ0) is 17.2. The Morgan fingerprint density at radius 3 is 2.67 bits per heavy atom. The Bertz CT molecular complexity index is 718. The number of carbonyl (C=O) groups excluding carboxylic acids is 1. The summed E-state index contributed by atoms with van der Waals surface area (Å²) in [5.41, 5.74) is 0.499. The first-order chi connectivity index (χ1) is 11.4. The third kappa shape index (κ3) is 3.84. The van der Waals surface area contributed by atoms with E-state index in [0.717, 1.165) is 0 Å². The highest BCUT2D eigenvalue weighted by Crippen LogP contribution is 2.28. The van der Waals surface area contributed by atoms with Crippen molar-refractivity contribution in [3.8, 4) is 11.5 Å². The van der Waals surface area contributed by atoms with Crippen molar-refractivity contribution in [2.24, 2.45) is 0 Å². The van der Waals surface area contributed by atoms with E-state index in [1.54, 1.807) is 0 Å². The summed E-state index contributed by atoms with van der Waals surface area (Å²) in [6.45, 7) is 0.193. The maximum Gasteiger partial charge on any atom is 0.325 e. The third-order valence-corrected chi connectivity index (χ3v) is 3.74. The Morgan fingerprint density at radius 1 is 1.17 bits per heavy atom. The predicted molar refractivity (Wildman–Crippen MR) is 79.1 cm³/mol. The number of aromatic nitrogens is 2. The van der Waals surface area contributed by atoms with E-state index in [4.69, 9.17) is 4.42 Å². The molecule has 2 amide bonds. The highest BCUT2D eigenvalue weighted by atomic mass is 19.3. The van der Waals surface area contributed by atoms with Crippen LogP contribution in [0.4, 0.5) is 24.0 Å². The van der Waals surface area contributed by atoms with Crippen molar-refractivity contribution in [1.82, 2.24) is 15.1 Å². The summed E-state index contributed by atoms with van der Waals surface area (Å²) < 4.78 is 44.8. The Labute approximate surface area is 135 Å². The van der Waals surface area contributed by atoms with Crippen molar-refractivity contribution < 1.29 is 22.4 Å². The van der Waals surface area contributed by atoms with Gasteiger partial charge in [0.05, 0.1) is 0 Å². The minimum Gasteiger partial charge on any atom is -0.403 e. The van der Waals surface area contributed by atoms with Crippen molar-refractivity contribution in [3.63, 3.8) is 0 Å². The van der Waals surface area contributed by atoms with Gasteiger partial charge in [-0.25, -0.2) is 18.0 Å². The minimum atomic E-state index is -2.74. The van der Waals surface area contributed by atoms with E-state index in [-0.39, 0.29) is 44.3 Å². The number of hydrogen-bond acceptors (Lipinski definition) is 4. The van der Waals surface area contributed by atoms with Gasteiger partial charge in [0.2, 0.25) is 11.8 Å². The van der Waals surface area contributed by atoms with Gasteiger partial charge in [0.25, 0.3) is 0 Å². The second-order valence-electron chi connectivity index (χ2n) is 5.55. The molecule has 9 heteroatoms. The molecule has 1 aliphatic heterocycles. The van der Waals surface area contributed by atoms with Crippen LogP contribution < -0.4 is 5.32 Å². The van der Waals surface area contributed by atoms with Crippen LogP contribution in [0.1, 0.15) is 19.3 Å². The number of nitrogens with zero attached hydrogens (tertiary/aromatic N) is 3. The summed E-state index contributed by atoms with van der Waals surface area (Å²) in [6.07, 6.45) is -0.373. The second-order valence-corrected chi connectivity index (χ2v) is 5.55. The maximum absolute atomic E-state index is 13.3. The molecular formula is C15H15F3N4O2. The van der Waals surface area contributed by atoms with E-state index in [1.807, 2.05) is 0 Å². The van der Waals surface area contributed by atoms with Crippen LogP contribution in [0.2, 0.25) is 0 Å². The van der Waals surface area contributed by atoms with Gasteiger partial charge in [0.15, 0.2) is 0 Å². The Balaban J connectivity index is 1.64.